The van der Waals surface area contributed by atoms with Gasteiger partial charge in [0.2, 0.25) is 0 Å². The van der Waals surface area contributed by atoms with E-state index in [1.807, 2.05) is 72.8 Å². The fourth-order valence-electron chi connectivity index (χ4n) is 4.48. The summed E-state index contributed by atoms with van der Waals surface area (Å²) in [5, 5.41) is 92.8. The average molecular weight is 1180 g/mol. The zero-order chi connectivity index (χ0) is 47.7. The fourth-order valence-corrected chi connectivity index (χ4v) is 4.48. The van der Waals surface area contributed by atoms with E-state index in [-0.39, 0.29) is 106 Å². The van der Waals surface area contributed by atoms with E-state index in [9.17, 15) is 10.2 Å². The maximum absolute atomic E-state index is 12.0. The second-order valence-electron chi connectivity index (χ2n) is 10.9. The molecule has 0 radical (unpaired) electrons. The number of pyridine rings is 2. The molecule has 344 valence electrons. The minimum absolute atomic E-state index is 0. The molecule has 0 saturated heterocycles. The first kappa shape index (κ1) is 66.3. The summed E-state index contributed by atoms with van der Waals surface area (Å²) in [6, 6.07) is 34.1. The summed E-state index contributed by atoms with van der Waals surface area (Å²) in [4.78, 5) is 50.6. The topological polar surface area (TPSA) is 432 Å². The molecule has 26 nitrogen and oxygen atoms in total. The maximum Gasteiger partial charge on any atom is 3.00 e. The van der Waals surface area contributed by atoms with E-state index in [0.29, 0.717) is 35.7 Å². The summed E-state index contributed by atoms with van der Waals surface area (Å²) in [7, 11) is 2.98. The van der Waals surface area contributed by atoms with Crippen molar-refractivity contribution >= 4 is 34.2 Å². The summed E-state index contributed by atoms with van der Waals surface area (Å²) in [6.07, 6.45) is 3.37. The van der Waals surface area contributed by atoms with Gasteiger partial charge in [0, 0.05) is 29.8 Å². The second kappa shape index (κ2) is 39.1. The van der Waals surface area contributed by atoms with Crippen LogP contribution in [0.4, 0.5) is 0 Å². The van der Waals surface area contributed by atoms with Crippen LogP contribution in [0.5, 0.6) is 23.0 Å². The Balaban J connectivity index is -0.000000408. The number of aliphatic hydroxyl groups is 1. The second-order valence-corrected chi connectivity index (χ2v) is 10.9. The predicted octanol–water partition coefficient (Wildman–Crippen LogP) is 4.09. The zero-order valence-corrected chi connectivity index (χ0v) is 42.3. The van der Waals surface area contributed by atoms with Crippen LogP contribution in [0.1, 0.15) is 29.4 Å². The minimum atomic E-state index is -1.75. The zero-order valence-electron chi connectivity index (χ0n) is 34.9. The number of fused-ring (bicyclic) bond motifs is 2. The van der Waals surface area contributed by atoms with E-state index in [0.717, 1.165) is 33.2 Å². The molecule has 0 amide bonds. The molecule has 3 N–H and O–H groups in total. The van der Waals surface area contributed by atoms with Crippen LogP contribution in [0.3, 0.4) is 0 Å². The molecule has 66 heavy (non-hydrogen) atoms. The molecule has 0 aliphatic carbocycles. The number of para-hydroxylation sites is 4. The molecule has 4 aromatic carbocycles. The van der Waals surface area contributed by atoms with Crippen molar-refractivity contribution in [2.75, 3.05) is 20.8 Å². The van der Waals surface area contributed by atoms with Gasteiger partial charge in [-0.25, -0.2) is 9.97 Å². The standard InChI is InChI=1S/2C18H16N2O2.C2H6O.4NO3.H2O.2Pr/c2*1-22-17-8-4-6-14(18(17)21)11-19-12-15-10-9-13-5-2-3-7-16(13)20-15;1-2-3;4*2-1(3)4;;;/h2*2-10,12,21H,11H2,1H3;3H,2H2,1H3;;;;;1H2;;/q;;;4*-1;;2*+3/p-2. The maximum atomic E-state index is 12.0. The van der Waals surface area contributed by atoms with Crippen molar-refractivity contribution in [2.24, 2.45) is 9.98 Å². The summed E-state index contributed by atoms with van der Waals surface area (Å²) in [6.45, 7) is 2.55. The molecule has 2 heterocycles. The van der Waals surface area contributed by atoms with Crippen LogP contribution < -0.4 is 19.7 Å². The van der Waals surface area contributed by atoms with Gasteiger partial charge in [-0.15, -0.1) is 0 Å². The van der Waals surface area contributed by atoms with Crippen molar-refractivity contribution in [3.8, 4) is 23.0 Å². The summed E-state index contributed by atoms with van der Waals surface area (Å²) in [5.74, 6) is 0.454. The van der Waals surface area contributed by atoms with Gasteiger partial charge in [0.25, 0.3) is 0 Å². The number of aromatic nitrogens is 2. The van der Waals surface area contributed by atoms with E-state index >= 15 is 0 Å². The largest absolute Gasteiger partial charge is 3.00 e. The van der Waals surface area contributed by atoms with Crippen LogP contribution in [-0.4, -0.2) is 74.2 Å². The van der Waals surface area contributed by atoms with Crippen LogP contribution in [0.2, 0.25) is 0 Å². The van der Waals surface area contributed by atoms with E-state index < -0.39 is 20.3 Å². The number of aliphatic imine (C=N–C) groups is 2. The van der Waals surface area contributed by atoms with Crippen LogP contribution in [0.15, 0.2) is 119 Å². The number of nitrogens with zero attached hydrogens (tertiary/aromatic N) is 8. The molecule has 0 atom stereocenters. The number of hydrogen-bond donors (Lipinski definition) is 1. The first-order valence-corrected chi connectivity index (χ1v) is 17.1. The Hall–Kier alpha value is -6.31. The summed E-state index contributed by atoms with van der Waals surface area (Å²) >= 11 is 0. The number of aliphatic hydroxyl groups excluding tert-OH is 1. The normalized spacial score (nSPS) is 9.15. The Labute approximate surface area is 440 Å². The van der Waals surface area contributed by atoms with Gasteiger partial charge in [-0.05, 0) is 54.4 Å². The molecule has 0 aliphatic rings. The van der Waals surface area contributed by atoms with Crippen LogP contribution in [0, 0.1) is 144 Å². The third kappa shape index (κ3) is 30.7. The molecule has 2 aromatic heterocycles. The van der Waals surface area contributed by atoms with Gasteiger partial charge in [-0.3, -0.25) is 9.98 Å². The molecular weight excluding hydrogens is 1140 g/mol. The van der Waals surface area contributed by atoms with Gasteiger partial charge in [-0.2, -0.15) is 0 Å². The number of benzene rings is 4. The number of methoxy groups -OCH3 is 2. The molecule has 0 unspecified atom stereocenters. The molecule has 0 saturated carbocycles. The summed E-state index contributed by atoms with van der Waals surface area (Å²) < 4.78 is 10.0. The van der Waals surface area contributed by atoms with Crippen LogP contribution in [-0.2, 0) is 13.1 Å². The van der Waals surface area contributed by atoms with Gasteiger partial charge in [-0.1, -0.05) is 84.3 Å². The Morgan fingerprint density at radius 1 is 0.530 bits per heavy atom. The van der Waals surface area contributed by atoms with E-state index in [1.165, 1.54) is 14.2 Å². The van der Waals surface area contributed by atoms with E-state index in [4.69, 9.17) is 75.9 Å². The number of ether oxygens (including phenoxy) is 2. The molecule has 0 bridgehead atoms. The van der Waals surface area contributed by atoms with Crippen molar-refractivity contribution in [3.63, 3.8) is 0 Å². The van der Waals surface area contributed by atoms with Gasteiger partial charge < -0.3 is 91.6 Å². The van der Waals surface area contributed by atoms with Crippen LogP contribution >= 0.6 is 0 Å². The Kier molecular flexibility index (Phi) is 39.3. The number of hydrogen-bond acceptors (Lipinski definition) is 21. The van der Waals surface area contributed by atoms with Gasteiger partial charge in [0.1, 0.15) is 11.5 Å². The monoisotopic (exact) mass is 1180 g/mol. The van der Waals surface area contributed by atoms with Crippen molar-refractivity contribution in [1.29, 1.82) is 0 Å². The Morgan fingerprint density at radius 3 is 1.11 bits per heavy atom. The third-order valence-corrected chi connectivity index (χ3v) is 6.77. The molecular formula is C38H38N8O18Pr2. The van der Waals surface area contributed by atoms with Gasteiger partial charge in [0.15, 0.2) is 0 Å². The Bertz CT molecular complexity index is 2210. The smallest absolute Gasteiger partial charge is 0.870 e. The van der Waals surface area contributed by atoms with E-state index in [2.05, 4.69) is 20.0 Å². The molecule has 0 aliphatic heterocycles. The molecule has 6 aromatic rings. The minimum Gasteiger partial charge on any atom is -0.870 e. The van der Waals surface area contributed by atoms with Crippen LogP contribution in [0.25, 0.3) is 21.8 Å². The Morgan fingerprint density at radius 2 is 0.818 bits per heavy atom. The predicted molar refractivity (Wildman–Crippen MR) is 229 cm³/mol. The van der Waals surface area contributed by atoms with Gasteiger partial charge in [0.05, 0.1) is 70.1 Å². The fraction of sp³-hybridized carbons (Fsp3) is 0.158. The average Bonchev–Trinajstić information content (AvgIpc) is 3.22. The van der Waals surface area contributed by atoms with Crippen molar-refractivity contribution in [1.82, 2.24) is 9.97 Å². The first-order chi connectivity index (χ1) is 29.9. The van der Waals surface area contributed by atoms with Crippen molar-refractivity contribution < 1.29 is 133 Å². The van der Waals surface area contributed by atoms with E-state index in [1.54, 1.807) is 55.8 Å². The SMILES string of the molecule is CCO.COc1cccc(CN=Cc2ccc3ccccc3n2)c1[O-].COc1cccc(CN=Cc2ccc3ccccc3n2)c1[O-].O.O=[N+]([O-])[O-].O=[N+]([O-])[O-].O=[N+]([O-])[O-].O=[N+]([O-])[O-].[Pr+3].[Pr+3]. The summed E-state index contributed by atoms with van der Waals surface area (Å²) in [5.41, 5.74) is 4.62. The third-order valence-electron chi connectivity index (χ3n) is 6.77. The first-order valence-electron chi connectivity index (χ1n) is 17.1. The molecule has 28 heteroatoms. The molecule has 0 fully saturated rings. The van der Waals surface area contributed by atoms with Crippen molar-refractivity contribution in [2.45, 2.75) is 20.0 Å². The molecule has 6 rings (SSSR count). The molecule has 0 spiro atoms. The van der Waals surface area contributed by atoms with Gasteiger partial charge >= 0.3 is 82.6 Å². The van der Waals surface area contributed by atoms with Crippen molar-refractivity contribution in [3.05, 3.63) is 193 Å². The number of rotatable bonds is 8. The quantitative estimate of drug-likeness (QED) is 0.127.